The lowest BCUT2D eigenvalue weighted by molar-refractivity contribution is 0.145. The van der Waals surface area contributed by atoms with Gasteiger partial charge in [-0.2, -0.15) is 0 Å². The molecule has 2 nitrogen and oxygen atoms in total. The lowest BCUT2D eigenvalue weighted by Gasteiger charge is -2.37. The molecule has 3 aliphatic rings. The van der Waals surface area contributed by atoms with Crippen LogP contribution < -0.4 is 5.32 Å². The second kappa shape index (κ2) is 7.64. The normalized spacial score (nSPS) is 27.0. The van der Waals surface area contributed by atoms with Gasteiger partial charge in [-0.05, 0) is 65.1 Å². The average molecular weight is 268 g/mol. The molecule has 2 saturated carbocycles. The highest BCUT2D eigenvalue weighted by Crippen LogP contribution is 2.47. The second-order valence-corrected chi connectivity index (χ2v) is 6.86. The fourth-order valence-electron chi connectivity index (χ4n) is 3.65. The van der Waals surface area contributed by atoms with Gasteiger partial charge in [-0.25, -0.2) is 0 Å². The largest absolute Gasteiger partial charge is 0.315 e. The highest BCUT2D eigenvalue weighted by atomic mass is 15.1. The average Bonchev–Trinajstić information content (AvgIpc) is 2.99. The smallest absolute Gasteiger partial charge is 0.0150 e. The van der Waals surface area contributed by atoms with E-state index in [1.54, 1.807) is 0 Å². The van der Waals surface area contributed by atoms with Crippen molar-refractivity contribution in [3.63, 3.8) is 0 Å². The van der Waals surface area contributed by atoms with E-state index in [2.05, 4.69) is 31.2 Å². The molecular weight excluding hydrogens is 232 g/mol. The summed E-state index contributed by atoms with van der Waals surface area (Å²) < 4.78 is 0. The first-order valence-electron chi connectivity index (χ1n) is 8.45. The Hall–Kier alpha value is -0.0800. The molecule has 0 unspecified atom stereocenters. The van der Waals surface area contributed by atoms with Crippen molar-refractivity contribution in [3.8, 4) is 0 Å². The molecule has 3 rings (SSSR count). The molecule has 0 aromatic heterocycles. The van der Waals surface area contributed by atoms with Crippen molar-refractivity contribution < 1.29 is 0 Å². The number of nitrogens with zero attached hydrogens (tertiary/aromatic N) is 1. The fourth-order valence-corrected chi connectivity index (χ4v) is 3.65. The molecule has 1 spiro atoms. The molecule has 19 heavy (non-hydrogen) atoms. The summed E-state index contributed by atoms with van der Waals surface area (Å²) in [6.45, 7) is 9.03. The quantitative estimate of drug-likeness (QED) is 0.771. The van der Waals surface area contributed by atoms with E-state index >= 15 is 0 Å². The van der Waals surface area contributed by atoms with Gasteiger partial charge in [0.1, 0.15) is 0 Å². The summed E-state index contributed by atoms with van der Waals surface area (Å²) in [5, 5.41) is 3.34. The number of nitrogens with one attached hydrogen (secondary N) is 1. The standard InChI is InChI=1S/C8H15N.C7H15N.C2H6/c1-9-6-5-8(7-9)3-2-4-8;1-7(8-2)5-3-4-6-7;1-2/h2-7H2,1H3;8H,3-6H2,1-2H3;1-2H3. The minimum atomic E-state index is 0.486. The molecule has 3 fully saturated rings. The van der Waals surface area contributed by atoms with E-state index in [-0.39, 0.29) is 0 Å². The van der Waals surface area contributed by atoms with Gasteiger partial charge < -0.3 is 10.2 Å². The van der Waals surface area contributed by atoms with Gasteiger partial charge in [0.25, 0.3) is 0 Å². The second-order valence-electron chi connectivity index (χ2n) is 6.86. The van der Waals surface area contributed by atoms with Crippen LogP contribution in [0, 0.1) is 5.41 Å². The molecule has 2 aliphatic carbocycles. The van der Waals surface area contributed by atoms with Gasteiger partial charge in [-0.1, -0.05) is 33.1 Å². The Bertz CT molecular complexity index is 240. The zero-order valence-electron chi connectivity index (χ0n) is 14.0. The molecule has 0 aromatic rings. The third-order valence-corrected chi connectivity index (χ3v) is 5.35. The van der Waals surface area contributed by atoms with Crippen LogP contribution in [0.5, 0.6) is 0 Å². The summed E-state index contributed by atoms with van der Waals surface area (Å²) in [6.07, 6.45) is 11.5. The number of rotatable bonds is 1. The van der Waals surface area contributed by atoms with Crippen LogP contribution in [-0.2, 0) is 0 Å². The van der Waals surface area contributed by atoms with Crippen LogP contribution >= 0.6 is 0 Å². The lowest BCUT2D eigenvalue weighted by atomic mass is 9.68. The first-order chi connectivity index (χ1) is 9.08. The van der Waals surface area contributed by atoms with Gasteiger partial charge in [0, 0.05) is 12.1 Å². The molecule has 1 N–H and O–H groups in total. The maximum absolute atomic E-state index is 3.34. The van der Waals surface area contributed by atoms with Gasteiger partial charge >= 0.3 is 0 Å². The minimum absolute atomic E-state index is 0.486. The van der Waals surface area contributed by atoms with Gasteiger partial charge in [-0.15, -0.1) is 0 Å². The maximum atomic E-state index is 3.34. The van der Waals surface area contributed by atoms with Gasteiger partial charge in [0.2, 0.25) is 0 Å². The van der Waals surface area contributed by atoms with E-state index in [1.807, 2.05) is 13.8 Å². The predicted molar refractivity (Wildman–Crippen MR) is 85.7 cm³/mol. The zero-order chi connectivity index (χ0) is 14.4. The Morgan fingerprint density at radius 3 is 1.68 bits per heavy atom. The van der Waals surface area contributed by atoms with Crippen molar-refractivity contribution in [2.45, 2.75) is 77.7 Å². The van der Waals surface area contributed by atoms with Crippen molar-refractivity contribution in [2.75, 3.05) is 27.2 Å². The molecule has 0 aromatic carbocycles. The Labute approximate surface area is 121 Å². The molecule has 0 radical (unpaired) electrons. The van der Waals surface area contributed by atoms with E-state index in [4.69, 9.17) is 0 Å². The van der Waals surface area contributed by atoms with Crippen molar-refractivity contribution >= 4 is 0 Å². The van der Waals surface area contributed by atoms with Crippen molar-refractivity contribution in [3.05, 3.63) is 0 Å². The molecule has 1 aliphatic heterocycles. The van der Waals surface area contributed by atoms with E-state index in [9.17, 15) is 0 Å². The molecule has 0 atom stereocenters. The van der Waals surface area contributed by atoms with Crippen LogP contribution in [0.25, 0.3) is 0 Å². The van der Waals surface area contributed by atoms with Crippen LogP contribution in [0.3, 0.4) is 0 Å². The molecule has 1 heterocycles. The molecule has 0 bridgehead atoms. The number of likely N-dealkylation sites (tertiary alicyclic amines) is 1. The predicted octanol–water partition coefficient (Wildman–Crippen LogP) is 4.06. The van der Waals surface area contributed by atoms with Crippen LogP contribution in [0.15, 0.2) is 0 Å². The SMILES string of the molecule is CC.CN1CCC2(CCC2)C1.CNC1(C)CCCC1. The van der Waals surface area contributed by atoms with Gasteiger partial charge in [0.05, 0.1) is 0 Å². The molecule has 114 valence electrons. The first-order valence-corrected chi connectivity index (χ1v) is 8.45. The van der Waals surface area contributed by atoms with Crippen molar-refractivity contribution in [1.29, 1.82) is 0 Å². The first kappa shape index (κ1) is 17.0. The summed E-state index contributed by atoms with van der Waals surface area (Å²) in [7, 11) is 4.30. The molecule has 1 saturated heterocycles. The Kier molecular flexibility index (Phi) is 6.82. The topological polar surface area (TPSA) is 15.3 Å². The minimum Gasteiger partial charge on any atom is -0.315 e. The van der Waals surface area contributed by atoms with E-state index in [1.165, 1.54) is 64.5 Å². The Morgan fingerprint density at radius 1 is 0.895 bits per heavy atom. The molecular formula is C17H36N2. The maximum Gasteiger partial charge on any atom is 0.0150 e. The van der Waals surface area contributed by atoms with Crippen LogP contribution in [0.2, 0.25) is 0 Å². The van der Waals surface area contributed by atoms with Crippen molar-refractivity contribution in [2.24, 2.45) is 5.41 Å². The monoisotopic (exact) mass is 268 g/mol. The molecule has 0 amide bonds. The highest BCUT2D eigenvalue weighted by Gasteiger charge is 2.41. The van der Waals surface area contributed by atoms with Crippen LogP contribution in [-0.4, -0.2) is 37.6 Å². The van der Waals surface area contributed by atoms with E-state index in [0.717, 1.165) is 5.41 Å². The van der Waals surface area contributed by atoms with E-state index in [0.29, 0.717) is 5.54 Å². The number of hydrogen-bond acceptors (Lipinski definition) is 2. The van der Waals surface area contributed by atoms with Crippen molar-refractivity contribution in [1.82, 2.24) is 10.2 Å². The highest BCUT2D eigenvalue weighted by molar-refractivity contribution is 4.94. The molecule has 2 heteroatoms. The van der Waals surface area contributed by atoms with Crippen LogP contribution in [0.1, 0.15) is 72.1 Å². The fraction of sp³-hybridized carbons (Fsp3) is 1.00. The van der Waals surface area contributed by atoms with Gasteiger partial charge in [0.15, 0.2) is 0 Å². The van der Waals surface area contributed by atoms with Crippen LogP contribution in [0.4, 0.5) is 0 Å². The van der Waals surface area contributed by atoms with Gasteiger partial charge in [-0.3, -0.25) is 0 Å². The summed E-state index contributed by atoms with van der Waals surface area (Å²) in [4.78, 5) is 2.47. The third kappa shape index (κ3) is 4.75. The Balaban J connectivity index is 0.000000170. The number of hydrogen-bond donors (Lipinski definition) is 1. The summed E-state index contributed by atoms with van der Waals surface area (Å²) in [5.41, 5.74) is 1.30. The zero-order valence-corrected chi connectivity index (χ0v) is 14.0. The Morgan fingerprint density at radius 2 is 1.47 bits per heavy atom. The van der Waals surface area contributed by atoms with E-state index < -0.39 is 0 Å². The third-order valence-electron chi connectivity index (χ3n) is 5.35. The summed E-state index contributed by atoms with van der Waals surface area (Å²) >= 11 is 0. The summed E-state index contributed by atoms with van der Waals surface area (Å²) in [6, 6.07) is 0. The summed E-state index contributed by atoms with van der Waals surface area (Å²) in [5.74, 6) is 0. The lowest BCUT2D eigenvalue weighted by Crippen LogP contribution is -2.35.